The van der Waals surface area contributed by atoms with E-state index in [-0.39, 0.29) is 0 Å². The smallest absolute Gasteiger partial charge is 0.119 e. The first kappa shape index (κ1) is 12.9. The maximum Gasteiger partial charge on any atom is 0.119 e. The van der Waals surface area contributed by atoms with Gasteiger partial charge in [0.2, 0.25) is 0 Å². The minimum Gasteiger partial charge on any atom is -0.497 e. The first-order valence-corrected chi connectivity index (χ1v) is 6.88. The van der Waals surface area contributed by atoms with Gasteiger partial charge in [0.05, 0.1) is 18.2 Å². The van der Waals surface area contributed by atoms with E-state index < -0.39 is 0 Å². The van der Waals surface area contributed by atoms with Gasteiger partial charge in [-0.2, -0.15) is 5.26 Å². The van der Waals surface area contributed by atoms with Gasteiger partial charge in [-0.05, 0) is 24.7 Å². The van der Waals surface area contributed by atoms with Crippen LogP contribution in [0.5, 0.6) is 5.75 Å². The quantitative estimate of drug-likeness (QED) is 0.838. The van der Waals surface area contributed by atoms with E-state index in [1.807, 2.05) is 18.2 Å². The molecule has 1 aromatic heterocycles. The van der Waals surface area contributed by atoms with E-state index in [1.54, 1.807) is 7.11 Å². The standard InChI is InChI=1S/C16H17N3O/c1-3-19-7-6-16-14(10-19)13(9-17)12-8-11(20-2)4-5-15(12)18-16/h4-5,8H,3,6-7,10H2,1-2H3. The van der Waals surface area contributed by atoms with E-state index in [4.69, 9.17) is 9.72 Å². The normalized spacial score (nSPS) is 14.8. The number of likely N-dealkylation sites (N-methyl/N-ethyl adjacent to an activating group) is 1. The molecule has 2 heterocycles. The molecule has 0 spiro atoms. The van der Waals surface area contributed by atoms with Gasteiger partial charge in [-0.25, -0.2) is 0 Å². The maximum absolute atomic E-state index is 9.58. The summed E-state index contributed by atoms with van der Waals surface area (Å²) in [5.41, 5.74) is 3.79. The Balaban J connectivity index is 2.24. The Hall–Kier alpha value is -2.12. The van der Waals surface area contributed by atoms with E-state index in [2.05, 4.69) is 17.9 Å². The molecule has 102 valence electrons. The SMILES string of the molecule is CCN1CCc2nc3ccc(OC)cc3c(C#N)c2C1. The van der Waals surface area contributed by atoms with Crippen LogP contribution in [0.1, 0.15) is 23.7 Å². The lowest BCUT2D eigenvalue weighted by atomic mass is 9.96. The molecule has 0 bridgehead atoms. The lowest BCUT2D eigenvalue weighted by molar-refractivity contribution is 0.266. The first-order chi connectivity index (χ1) is 9.76. The number of methoxy groups -OCH3 is 1. The molecule has 1 aliphatic heterocycles. The molecule has 0 N–H and O–H groups in total. The fourth-order valence-electron chi connectivity index (χ4n) is 2.80. The zero-order valence-corrected chi connectivity index (χ0v) is 11.8. The second-order valence-electron chi connectivity index (χ2n) is 5.03. The van der Waals surface area contributed by atoms with E-state index >= 15 is 0 Å². The van der Waals surface area contributed by atoms with Crippen molar-refractivity contribution in [3.63, 3.8) is 0 Å². The average Bonchev–Trinajstić information content (AvgIpc) is 2.51. The summed E-state index contributed by atoms with van der Waals surface area (Å²) in [4.78, 5) is 7.08. The predicted octanol–water partition coefficient (Wildman–Crippen LogP) is 2.49. The molecule has 0 amide bonds. The predicted molar refractivity (Wildman–Crippen MR) is 77.7 cm³/mol. The third-order valence-electron chi connectivity index (χ3n) is 3.98. The van der Waals surface area contributed by atoms with Crippen LogP contribution in [0.3, 0.4) is 0 Å². The summed E-state index contributed by atoms with van der Waals surface area (Å²) in [6, 6.07) is 8.11. The largest absolute Gasteiger partial charge is 0.497 e. The van der Waals surface area contributed by atoms with Crippen molar-refractivity contribution < 1.29 is 4.74 Å². The van der Waals surface area contributed by atoms with Crippen molar-refractivity contribution >= 4 is 10.9 Å². The van der Waals surface area contributed by atoms with Crippen LogP contribution >= 0.6 is 0 Å². The first-order valence-electron chi connectivity index (χ1n) is 6.88. The molecule has 0 saturated heterocycles. The molecule has 0 fully saturated rings. The highest BCUT2D eigenvalue weighted by molar-refractivity contribution is 5.87. The Bertz CT molecular complexity index is 703. The molecule has 0 aliphatic carbocycles. The molecule has 4 heteroatoms. The van der Waals surface area contributed by atoms with Crippen molar-refractivity contribution in [1.29, 1.82) is 5.26 Å². The summed E-state index contributed by atoms with van der Waals surface area (Å²) in [5.74, 6) is 0.763. The fourth-order valence-corrected chi connectivity index (χ4v) is 2.80. The molecular weight excluding hydrogens is 250 g/mol. The zero-order chi connectivity index (χ0) is 14.1. The number of hydrogen-bond acceptors (Lipinski definition) is 4. The van der Waals surface area contributed by atoms with Crippen LogP contribution < -0.4 is 4.74 Å². The van der Waals surface area contributed by atoms with Gasteiger partial charge >= 0.3 is 0 Å². The molecule has 1 aliphatic rings. The van der Waals surface area contributed by atoms with Gasteiger partial charge in [0.25, 0.3) is 0 Å². The van der Waals surface area contributed by atoms with Crippen LogP contribution in [0.4, 0.5) is 0 Å². The van der Waals surface area contributed by atoms with E-state index in [9.17, 15) is 5.26 Å². The fraction of sp³-hybridized carbons (Fsp3) is 0.375. The molecule has 0 saturated carbocycles. The summed E-state index contributed by atoms with van der Waals surface area (Å²) in [6.45, 7) is 4.98. The van der Waals surface area contributed by atoms with Gasteiger partial charge in [0.1, 0.15) is 11.8 Å². The van der Waals surface area contributed by atoms with Crippen LogP contribution in [-0.4, -0.2) is 30.1 Å². The Morgan fingerprint density at radius 1 is 1.45 bits per heavy atom. The summed E-state index contributed by atoms with van der Waals surface area (Å²) >= 11 is 0. The minimum absolute atomic E-state index is 0.752. The van der Waals surface area contributed by atoms with Crippen molar-refractivity contribution in [3.8, 4) is 11.8 Å². The molecule has 0 radical (unpaired) electrons. The third-order valence-corrected chi connectivity index (χ3v) is 3.98. The summed E-state index contributed by atoms with van der Waals surface area (Å²) < 4.78 is 5.26. The van der Waals surface area contributed by atoms with Crippen molar-refractivity contribution in [2.24, 2.45) is 0 Å². The average molecular weight is 267 g/mol. The molecule has 1 aromatic carbocycles. The highest BCUT2D eigenvalue weighted by atomic mass is 16.5. The number of benzene rings is 1. The number of aromatic nitrogens is 1. The highest BCUT2D eigenvalue weighted by Crippen LogP contribution is 2.29. The number of nitrogens with zero attached hydrogens (tertiary/aromatic N) is 3. The van der Waals surface area contributed by atoms with E-state index in [0.29, 0.717) is 0 Å². The molecule has 4 nitrogen and oxygen atoms in total. The van der Waals surface area contributed by atoms with Gasteiger partial charge in [-0.1, -0.05) is 6.92 Å². The van der Waals surface area contributed by atoms with Gasteiger partial charge < -0.3 is 4.74 Å². The highest BCUT2D eigenvalue weighted by Gasteiger charge is 2.21. The Morgan fingerprint density at radius 2 is 2.30 bits per heavy atom. The maximum atomic E-state index is 9.58. The van der Waals surface area contributed by atoms with Crippen LogP contribution in [0.25, 0.3) is 10.9 Å². The van der Waals surface area contributed by atoms with Crippen LogP contribution in [0, 0.1) is 11.3 Å². The number of rotatable bonds is 2. The van der Waals surface area contributed by atoms with Gasteiger partial charge in [0, 0.05) is 36.2 Å². The number of fused-ring (bicyclic) bond motifs is 2. The van der Waals surface area contributed by atoms with Crippen molar-refractivity contribution in [2.75, 3.05) is 20.2 Å². The van der Waals surface area contributed by atoms with Gasteiger partial charge in [-0.3, -0.25) is 9.88 Å². The second kappa shape index (κ2) is 5.10. The van der Waals surface area contributed by atoms with Crippen molar-refractivity contribution in [3.05, 3.63) is 35.0 Å². The number of hydrogen-bond donors (Lipinski definition) is 0. The number of nitriles is 1. The molecule has 20 heavy (non-hydrogen) atoms. The van der Waals surface area contributed by atoms with Crippen LogP contribution in [0.2, 0.25) is 0 Å². The van der Waals surface area contributed by atoms with Gasteiger partial charge in [0.15, 0.2) is 0 Å². The summed E-state index contributed by atoms with van der Waals surface area (Å²) in [6.07, 6.45) is 0.916. The van der Waals surface area contributed by atoms with Crippen molar-refractivity contribution in [1.82, 2.24) is 9.88 Å². The van der Waals surface area contributed by atoms with E-state index in [0.717, 1.165) is 59.5 Å². The third kappa shape index (κ3) is 2.00. The molecule has 2 aromatic rings. The second-order valence-corrected chi connectivity index (χ2v) is 5.03. The van der Waals surface area contributed by atoms with Gasteiger partial charge in [-0.15, -0.1) is 0 Å². The minimum atomic E-state index is 0.752. The molecular formula is C16H17N3O. The monoisotopic (exact) mass is 267 g/mol. The Labute approximate surface area is 118 Å². The Morgan fingerprint density at radius 3 is 3.00 bits per heavy atom. The topological polar surface area (TPSA) is 49.2 Å². The zero-order valence-electron chi connectivity index (χ0n) is 11.8. The molecule has 3 rings (SSSR count). The number of pyridine rings is 1. The van der Waals surface area contributed by atoms with E-state index in [1.165, 1.54) is 0 Å². The summed E-state index contributed by atoms with van der Waals surface area (Å²) in [7, 11) is 1.64. The Kier molecular flexibility index (Phi) is 3.29. The molecule has 0 unspecified atom stereocenters. The van der Waals surface area contributed by atoms with Crippen LogP contribution in [0.15, 0.2) is 18.2 Å². The summed E-state index contributed by atoms with van der Waals surface area (Å²) in [5, 5.41) is 10.5. The molecule has 0 atom stereocenters. The number of ether oxygens (including phenoxy) is 1. The lowest BCUT2D eigenvalue weighted by Crippen LogP contribution is -2.31. The van der Waals surface area contributed by atoms with Crippen LogP contribution in [-0.2, 0) is 13.0 Å². The lowest BCUT2D eigenvalue weighted by Gasteiger charge is -2.28. The van der Waals surface area contributed by atoms with Crippen molar-refractivity contribution in [2.45, 2.75) is 19.9 Å².